The van der Waals surface area contributed by atoms with Crippen LogP contribution in [0.5, 0.6) is 5.75 Å². The maximum atomic E-state index is 15.9. The van der Waals surface area contributed by atoms with Crippen LogP contribution in [0.4, 0.5) is 15.9 Å². The lowest BCUT2D eigenvalue weighted by Gasteiger charge is -2.35. The van der Waals surface area contributed by atoms with E-state index in [-0.39, 0.29) is 66.8 Å². The van der Waals surface area contributed by atoms with E-state index in [9.17, 15) is 14.4 Å². The van der Waals surface area contributed by atoms with Crippen molar-refractivity contribution in [2.75, 3.05) is 36.0 Å². The number of piperidine rings is 3. The van der Waals surface area contributed by atoms with Gasteiger partial charge in [-0.05, 0) is 101 Å². The molecule has 2 aliphatic carbocycles. The second kappa shape index (κ2) is 14.9. The minimum absolute atomic E-state index is 0.0218. The summed E-state index contributed by atoms with van der Waals surface area (Å²) >= 11 is 0. The van der Waals surface area contributed by atoms with Gasteiger partial charge in [0.05, 0.1) is 47.9 Å². The molecular formula is C43H49FN8O6. The standard InChI is InChI=1S/C43H49FN8O6/c1-43(14-15-43)58-29-4-6-33-31(21-29)40(49-48-33)34-22-37(46-24-45-34)51-18-12-26(13-19-51)57-28-3-2-27(20-28)56-25-10-16-50(17-11-25)35-7-5-30-32(39(35)44)23-52(42(30)55)36-8-9-38(53)47-41(36)54/h4-7,21-22,24-28,36H,2-3,8-20,23H2,1H3,(H,48,49)(H,47,53,54)/t27-,28-,36?/m1/s1. The van der Waals surface area contributed by atoms with Crippen LogP contribution in [0.15, 0.2) is 42.7 Å². The number of hydrogen-bond donors (Lipinski definition) is 2. The van der Waals surface area contributed by atoms with Gasteiger partial charge in [0, 0.05) is 55.2 Å². The van der Waals surface area contributed by atoms with Crippen LogP contribution in [0.1, 0.15) is 93.5 Å². The average molecular weight is 793 g/mol. The zero-order chi connectivity index (χ0) is 39.5. The summed E-state index contributed by atoms with van der Waals surface area (Å²) in [7, 11) is 0. The van der Waals surface area contributed by atoms with Crippen molar-refractivity contribution in [1.82, 2.24) is 30.4 Å². The number of rotatable bonds is 10. The summed E-state index contributed by atoms with van der Waals surface area (Å²) in [5.74, 6) is 0.114. The van der Waals surface area contributed by atoms with Gasteiger partial charge in [-0.2, -0.15) is 5.10 Å². The van der Waals surface area contributed by atoms with Gasteiger partial charge in [0.1, 0.15) is 35.2 Å². The molecule has 6 heterocycles. The fourth-order valence-corrected chi connectivity index (χ4v) is 9.45. The molecule has 304 valence electrons. The molecule has 2 saturated carbocycles. The van der Waals surface area contributed by atoms with Crippen LogP contribution in [0.25, 0.3) is 22.3 Å². The normalized spacial score (nSPS) is 25.1. The topological polar surface area (TPSA) is 155 Å². The lowest BCUT2D eigenvalue weighted by Crippen LogP contribution is -2.52. The third kappa shape index (κ3) is 7.27. The molecule has 0 bridgehead atoms. The number of fused-ring (bicyclic) bond motifs is 2. The van der Waals surface area contributed by atoms with Crippen LogP contribution in [0.2, 0.25) is 0 Å². The SMILES string of the molecule is CC1(Oc2ccc3[nH]nc(-c4cc(N5CCC(O[C@@H]6CC[C@@H](OC7CCN(c8ccc9c(c8F)CN(C8CCC(=O)NC8=O)C9=O)CC7)C6)CC5)ncn4)c3c2)CC1. The molecule has 10 rings (SSSR count). The number of aromatic amines is 1. The number of anilines is 2. The number of amides is 3. The molecule has 2 N–H and O–H groups in total. The van der Waals surface area contributed by atoms with Gasteiger partial charge in [0.15, 0.2) is 5.82 Å². The number of nitrogens with zero attached hydrogens (tertiary/aromatic N) is 6. The summed E-state index contributed by atoms with van der Waals surface area (Å²) < 4.78 is 35.4. The van der Waals surface area contributed by atoms with E-state index in [1.54, 1.807) is 18.5 Å². The Balaban J connectivity index is 0.683. The predicted molar refractivity (Wildman–Crippen MR) is 212 cm³/mol. The van der Waals surface area contributed by atoms with Crippen molar-refractivity contribution in [1.29, 1.82) is 0 Å². The molecule has 14 nitrogen and oxygen atoms in total. The fourth-order valence-electron chi connectivity index (χ4n) is 9.45. The van der Waals surface area contributed by atoms with Crippen LogP contribution < -0.4 is 19.9 Å². The number of halogens is 1. The molecule has 1 unspecified atom stereocenters. The Bertz CT molecular complexity index is 2250. The van der Waals surface area contributed by atoms with E-state index >= 15 is 4.39 Å². The van der Waals surface area contributed by atoms with Gasteiger partial charge in [-0.1, -0.05) is 0 Å². The summed E-state index contributed by atoms with van der Waals surface area (Å²) in [4.78, 5) is 52.1. The molecule has 0 radical (unpaired) electrons. The van der Waals surface area contributed by atoms with Crippen LogP contribution in [-0.2, 0) is 25.6 Å². The molecule has 15 heteroatoms. The molecule has 3 atom stereocenters. The first-order chi connectivity index (χ1) is 28.2. The van der Waals surface area contributed by atoms with E-state index in [2.05, 4.69) is 43.4 Å². The Kier molecular flexibility index (Phi) is 9.54. The first-order valence-corrected chi connectivity index (χ1v) is 20.9. The Morgan fingerprint density at radius 2 is 1.55 bits per heavy atom. The van der Waals surface area contributed by atoms with Gasteiger partial charge in [-0.3, -0.25) is 24.8 Å². The van der Waals surface area contributed by atoms with Crippen molar-refractivity contribution in [3.05, 3.63) is 59.7 Å². The zero-order valence-corrected chi connectivity index (χ0v) is 32.8. The van der Waals surface area contributed by atoms with Gasteiger partial charge in [-0.25, -0.2) is 14.4 Å². The summed E-state index contributed by atoms with van der Waals surface area (Å²) in [6.45, 7) is 5.17. The van der Waals surface area contributed by atoms with Crippen LogP contribution in [0.3, 0.4) is 0 Å². The lowest BCUT2D eigenvalue weighted by atomic mass is 10.0. The molecule has 4 aromatic rings. The minimum Gasteiger partial charge on any atom is -0.488 e. The van der Waals surface area contributed by atoms with Gasteiger partial charge in [0.2, 0.25) is 11.8 Å². The first kappa shape index (κ1) is 37.1. The molecule has 58 heavy (non-hydrogen) atoms. The monoisotopic (exact) mass is 792 g/mol. The summed E-state index contributed by atoms with van der Waals surface area (Å²) in [5, 5.41) is 11.0. The molecule has 6 aliphatic rings. The number of H-pyrrole nitrogens is 1. The lowest BCUT2D eigenvalue weighted by molar-refractivity contribution is -0.136. The Morgan fingerprint density at radius 3 is 2.26 bits per heavy atom. The van der Waals surface area contributed by atoms with Crippen molar-refractivity contribution in [3.8, 4) is 17.1 Å². The first-order valence-electron chi connectivity index (χ1n) is 20.9. The van der Waals surface area contributed by atoms with Crippen LogP contribution in [0, 0.1) is 5.82 Å². The van der Waals surface area contributed by atoms with E-state index in [0.717, 1.165) is 105 Å². The quantitative estimate of drug-likeness (QED) is 0.197. The molecule has 3 saturated heterocycles. The molecule has 2 aromatic heterocycles. The third-order valence-electron chi connectivity index (χ3n) is 13.0. The van der Waals surface area contributed by atoms with E-state index in [1.165, 1.54) is 4.90 Å². The number of aromatic nitrogens is 4. The van der Waals surface area contributed by atoms with Crippen molar-refractivity contribution in [2.24, 2.45) is 0 Å². The number of carbonyl (C=O) groups is 3. The Morgan fingerprint density at radius 1 is 0.828 bits per heavy atom. The van der Waals surface area contributed by atoms with Crippen molar-refractivity contribution >= 4 is 40.1 Å². The van der Waals surface area contributed by atoms with E-state index in [0.29, 0.717) is 24.3 Å². The number of benzene rings is 2. The second-order valence-electron chi connectivity index (χ2n) is 17.1. The number of carbonyl (C=O) groups excluding carboxylic acids is 3. The fraction of sp³-hybridized carbons (Fsp3) is 0.535. The minimum atomic E-state index is -0.771. The molecule has 0 spiro atoms. The van der Waals surface area contributed by atoms with E-state index in [4.69, 9.17) is 14.2 Å². The zero-order valence-electron chi connectivity index (χ0n) is 32.8. The summed E-state index contributed by atoms with van der Waals surface area (Å²) in [6.07, 6.45) is 11.1. The van der Waals surface area contributed by atoms with E-state index in [1.807, 2.05) is 23.1 Å². The molecular weight excluding hydrogens is 744 g/mol. The summed E-state index contributed by atoms with van der Waals surface area (Å²) in [5.41, 5.74) is 3.54. The van der Waals surface area contributed by atoms with Gasteiger partial charge in [-0.15, -0.1) is 0 Å². The van der Waals surface area contributed by atoms with Crippen molar-refractivity contribution in [2.45, 2.75) is 120 Å². The molecule has 4 aliphatic heterocycles. The highest BCUT2D eigenvalue weighted by Gasteiger charge is 2.42. The summed E-state index contributed by atoms with van der Waals surface area (Å²) in [6, 6.07) is 10.7. The largest absolute Gasteiger partial charge is 0.488 e. The number of imide groups is 1. The van der Waals surface area contributed by atoms with Crippen molar-refractivity contribution < 1.29 is 33.0 Å². The number of ether oxygens (including phenoxy) is 3. The van der Waals surface area contributed by atoms with Crippen LogP contribution >= 0.6 is 0 Å². The third-order valence-corrected chi connectivity index (χ3v) is 13.0. The Labute approximate surface area is 335 Å². The average Bonchev–Trinajstić information content (AvgIpc) is 3.50. The van der Waals surface area contributed by atoms with E-state index < -0.39 is 17.8 Å². The smallest absolute Gasteiger partial charge is 0.255 e. The maximum Gasteiger partial charge on any atom is 0.255 e. The van der Waals surface area contributed by atoms with Gasteiger partial charge < -0.3 is 28.9 Å². The molecule has 5 fully saturated rings. The number of nitrogens with one attached hydrogen (secondary N) is 2. The van der Waals surface area contributed by atoms with Gasteiger partial charge in [0.25, 0.3) is 5.91 Å². The maximum absolute atomic E-state index is 15.9. The predicted octanol–water partition coefficient (Wildman–Crippen LogP) is 5.44. The highest BCUT2D eigenvalue weighted by atomic mass is 19.1. The molecule has 2 aromatic carbocycles. The number of hydrogen-bond acceptors (Lipinski definition) is 11. The highest BCUT2D eigenvalue weighted by Crippen LogP contribution is 2.41. The van der Waals surface area contributed by atoms with Gasteiger partial charge >= 0.3 is 0 Å². The van der Waals surface area contributed by atoms with Crippen LogP contribution in [-0.4, -0.2) is 105 Å². The van der Waals surface area contributed by atoms with Crippen molar-refractivity contribution in [3.63, 3.8) is 0 Å². The molecule has 3 amide bonds. The second-order valence-corrected chi connectivity index (χ2v) is 17.1. The Hall–Kier alpha value is -5.15. The highest BCUT2D eigenvalue weighted by molar-refractivity contribution is 6.05.